The van der Waals surface area contributed by atoms with Crippen LogP contribution >= 0.6 is 23.2 Å². The van der Waals surface area contributed by atoms with Crippen LogP contribution in [0.2, 0.25) is 10.0 Å². The molecule has 2 rings (SSSR count). The van der Waals surface area contributed by atoms with Crippen LogP contribution in [0, 0.1) is 6.92 Å². The van der Waals surface area contributed by atoms with E-state index >= 15 is 0 Å². The van der Waals surface area contributed by atoms with Crippen molar-refractivity contribution in [2.75, 3.05) is 0 Å². The third-order valence-electron chi connectivity index (χ3n) is 2.37. The van der Waals surface area contributed by atoms with Crippen LogP contribution in [-0.2, 0) is 6.54 Å². The van der Waals surface area contributed by atoms with Gasteiger partial charge in [0.25, 0.3) is 0 Å². The first kappa shape index (κ1) is 10.7. The van der Waals surface area contributed by atoms with Gasteiger partial charge < -0.3 is 5.73 Å². The average Bonchev–Trinajstić information content (AvgIpc) is 2.23. The number of aryl methyl sites for hydroxylation is 1. The van der Waals surface area contributed by atoms with Crippen LogP contribution in [0.1, 0.15) is 11.3 Å². The predicted octanol–water partition coefficient (Wildman–Crippen LogP) is 3.31. The van der Waals surface area contributed by atoms with Gasteiger partial charge in [0.05, 0.1) is 21.3 Å². The first-order chi connectivity index (χ1) is 7.13. The molecule has 4 heteroatoms. The Morgan fingerprint density at radius 3 is 2.73 bits per heavy atom. The van der Waals surface area contributed by atoms with Gasteiger partial charge in [0.2, 0.25) is 0 Å². The molecule has 0 radical (unpaired) electrons. The van der Waals surface area contributed by atoms with E-state index < -0.39 is 0 Å². The molecule has 0 amide bonds. The summed E-state index contributed by atoms with van der Waals surface area (Å²) < 4.78 is 0. The van der Waals surface area contributed by atoms with E-state index in [-0.39, 0.29) is 0 Å². The van der Waals surface area contributed by atoms with Gasteiger partial charge in [0, 0.05) is 11.9 Å². The van der Waals surface area contributed by atoms with E-state index in [2.05, 4.69) is 4.98 Å². The monoisotopic (exact) mass is 240 g/mol. The van der Waals surface area contributed by atoms with Gasteiger partial charge in [-0.1, -0.05) is 29.3 Å². The van der Waals surface area contributed by atoms with Crippen LogP contribution in [0.5, 0.6) is 0 Å². The first-order valence-corrected chi connectivity index (χ1v) is 5.33. The number of benzene rings is 1. The van der Waals surface area contributed by atoms with E-state index in [1.54, 1.807) is 6.07 Å². The summed E-state index contributed by atoms with van der Waals surface area (Å²) in [4.78, 5) is 4.41. The molecule has 1 aromatic heterocycles. The summed E-state index contributed by atoms with van der Waals surface area (Å²) in [7, 11) is 0. The van der Waals surface area contributed by atoms with Crippen molar-refractivity contribution in [2.45, 2.75) is 13.5 Å². The largest absolute Gasteiger partial charge is 0.325 e. The van der Waals surface area contributed by atoms with Gasteiger partial charge in [-0.05, 0) is 24.6 Å². The Labute approximate surface area is 98.0 Å². The number of nitrogens with zero attached hydrogens (tertiary/aromatic N) is 1. The zero-order valence-electron chi connectivity index (χ0n) is 8.22. The molecular formula is C11H10Cl2N2. The molecular weight excluding hydrogens is 231 g/mol. The molecule has 2 aromatic rings. The molecule has 0 atom stereocenters. The minimum atomic E-state index is 0.407. The highest BCUT2D eigenvalue weighted by Gasteiger charge is 2.07. The average molecular weight is 241 g/mol. The standard InChI is InChI=1S/C11H10Cl2N2/c1-6-4-7-2-3-8(12)10(13)11(7)15-9(6)5-14/h2-4H,5,14H2,1H3. The smallest absolute Gasteiger partial charge is 0.0907 e. The SMILES string of the molecule is Cc1cc2ccc(Cl)c(Cl)c2nc1CN. The number of fused-ring (bicyclic) bond motifs is 1. The van der Waals surface area contributed by atoms with Crippen molar-refractivity contribution in [3.63, 3.8) is 0 Å². The Bertz CT molecular complexity index is 523. The lowest BCUT2D eigenvalue weighted by atomic mass is 10.1. The third kappa shape index (κ3) is 1.81. The van der Waals surface area contributed by atoms with Gasteiger partial charge in [-0.15, -0.1) is 0 Å². The molecule has 0 aliphatic rings. The first-order valence-electron chi connectivity index (χ1n) is 4.58. The minimum absolute atomic E-state index is 0.407. The van der Waals surface area contributed by atoms with E-state index in [9.17, 15) is 0 Å². The number of hydrogen-bond acceptors (Lipinski definition) is 2. The molecule has 15 heavy (non-hydrogen) atoms. The Balaban J connectivity index is 2.82. The zero-order valence-corrected chi connectivity index (χ0v) is 9.73. The van der Waals surface area contributed by atoms with Crippen LogP contribution in [0.3, 0.4) is 0 Å². The lowest BCUT2D eigenvalue weighted by Gasteiger charge is -2.07. The normalized spacial score (nSPS) is 10.9. The van der Waals surface area contributed by atoms with Crippen LogP contribution in [0.25, 0.3) is 10.9 Å². The Kier molecular flexibility index (Phi) is 2.83. The molecule has 0 saturated carbocycles. The molecule has 0 spiro atoms. The van der Waals surface area contributed by atoms with Crippen molar-refractivity contribution in [2.24, 2.45) is 5.73 Å². The summed E-state index contributed by atoms with van der Waals surface area (Å²) >= 11 is 12.0. The molecule has 0 unspecified atom stereocenters. The second-order valence-electron chi connectivity index (χ2n) is 3.39. The number of halogens is 2. The fraction of sp³-hybridized carbons (Fsp3) is 0.182. The summed E-state index contributed by atoms with van der Waals surface area (Å²) in [5, 5.41) is 1.99. The van der Waals surface area contributed by atoms with Gasteiger partial charge in [0.1, 0.15) is 0 Å². The van der Waals surface area contributed by atoms with Crippen LogP contribution in [0.4, 0.5) is 0 Å². The molecule has 0 fully saturated rings. The van der Waals surface area contributed by atoms with Crippen molar-refractivity contribution < 1.29 is 0 Å². The quantitative estimate of drug-likeness (QED) is 0.831. The number of hydrogen-bond donors (Lipinski definition) is 1. The van der Waals surface area contributed by atoms with E-state index in [1.165, 1.54) is 0 Å². The third-order valence-corrected chi connectivity index (χ3v) is 3.16. The number of nitrogens with two attached hydrogens (primary N) is 1. The number of aromatic nitrogens is 1. The van der Waals surface area contributed by atoms with Crippen molar-refractivity contribution in [3.05, 3.63) is 39.5 Å². The Morgan fingerprint density at radius 1 is 1.33 bits per heavy atom. The van der Waals surface area contributed by atoms with E-state index in [0.717, 1.165) is 22.2 Å². The molecule has 0 bridgehead atoms. The molecule has 2 N–H and O–H groups in total. The number of pyridine rings is 1. The maximum absolute atomic E-state index is 6.07. The van der Waals surface area contributed by atoms with E-state index in [0.29, 0.717) is 16.6 Å². The van der Waals surface area contributed by atoms with Gasteiger partial charge in [0.15, 0.2) is 0 Å². The molecule has 2 nitrogen and oxygen atoms in total. The predicted molar refractivity (Wildman–Crippen MR) is 64.4 cm³/mol. The molecule has 1 aromatic carbocycles. The van der Waals surface area contributed by atoms with Crippen LogP contribution in [-0.4, -0.2) is 4.98 Å². The second kappa shape index (κ2) is 3.97. The molecule has 0 aliphatic carbocycles. The van der Waals surface area contributed by atoms with Crippen LogP contribution in [0.15, 0.2) is 18.2 Å². The maximum Gasteiger partial charge on any atom is 0.0907 e. The molecule has 78 valence electrons. The summed E-state index contributed by atoms with van der Waals surface area (Å²) in [6, 6.07) is 5.70. The van der Waals surface area contributed by atoms with Gasteiger partial charge in [-0.25, -0.2) is 4.98 Å². The van der Waals surface area contributed by atoms with Crippen molar-refractivity contribution in [1.29, 1.82) is 0 Å². The zero-order chi connectivity index (χ0) is 11.0. The topological polar surface area (TPSA) is 38.9 Å². The molecule has 1 heterocycles. The lowest BCUT2D eigenvalue weighted by Crippen LogP contribution is -2.02. The highest BCUT2D eigenvalue weighted by molar-refractivity contribution is 6.45. The summed E-state index contributed by atoms with van der Waals surface area (Å²) in [5.41, 5.74) is 8.24. The fourth-order valence-corrected chi connectivity index (χ4v) is 1.90. The second-order valence-corrected chi connectivity index (χ2v) is 4.17. The highest BCUT2D eigenvalue weighted by atomic mass is 35.5. The summed E-state index contributed by atoms with van der Waals surface area (Å²) in [6.45, 7) is 2.39. The Hall–Kier alpha value is -0.830. The van der Waals surface area contributed by atoms with Crippen molar-refractivity contribution >= 4 is 34.1 Å². The number of rotatable bonds is 1. The minimum Gasteiger partial charge on any atom is -0.325 e. The van der Waals surface area contributed by atoms with Gasteiger partial charge >= 0.3 is 0 Å². The van der Waals surface area contributed by atoms with Crippen molar-refractivity contribution in [1.82, 2.24) is 4.98 Å². The van der Waals surface area contributed by atoms with Crippen molar-refractivity contribution in [3.8, 4) is 0 Å². The van der Waals surface area contributed by atoms with E-state index in [1.807, 2.05) is 19.1 Å². The summed E-state index contributed by atoms with van der Waals surface area (Å²) in [6.07, 6.45) is 0. The highest BCUT2D eigenvalue weighted by Crippen LogP contribution is 2.30. The van der Waals surface area contributed by atoms with Crippen LogP contribution < -0.4 is 5.73 Å². The molecule has 0 aliphatic heterocycles. The lowest BCUT2D eigenvalue weighted by molar-refractivity contribution is 0.985. The molecule has 0 saturated heterocycles. The van der Waals surface area contributed by atoms with E-state index in [4.69, 9.17) is 28.9 Å². The van der Waals surface area contributed by atoms with Gasteiger partial charge in [-0.2, -0.15) is 0 Å². The van der Waals surface area contributed by atoms with Gasteiger partial charge in [-0.3, -0.25) is 0 Å². The fourth-order valence-electron chi connectivity index (χ4n) is 1.53. The maximum atomic E-state index is 6.07. The Morgan fingerprint density at radius 2 is 2.07 bits per heavy atom. The summed E-state index contributed by atoms with van der Waals surface area (Å²) in [5.74, 6) is 0.